The summed E-state index contributed by atoms with van der Waals surface area (Å²) in [5.41, 5.74) is 1.51. The van der Waals surface area contributed by atoms with Gasteiger partial charge < -0.3 is 15.5 Å². The standard InChI is InChI=1S/C17H23N5O3/c23-14-8-18-17(25)13-6-11(9-22(13)14)20-16(24)12-7-19-21-15(12)10-4-2-1-3-5-10/h7,10-11,13H,1-6,8-9H2,(H,18,25)(H,19,21)(H,20,24)/t11-,13-/m0/s1. The molecule has 3 N–H and O–H groups in total. The van der Waals surface area contributed by atoms with E-state index in [0.29, 0.717) is 24.4 Å². The summed E-state index contributed by atoms with van der Waals surface area (Å²) in [4.78, 5) is 38.1. The molecule has 3 heterocycles. The molecular weight excluding hydrogens is 322 g/mol. The zero-order valence-electron chi connectivity index (χ0n) is 14.1. The van der Waals surface area contributed by atoms with Gasteiger partial charge >= 0.3 is 0 Å². The van der Waals surface area contributed by atoms with E-state index in [1.807, 2.05) is 0 Å². The largest absolute Gasteiger partial charge is 0.347 e. The van der Waals surface area contributed by atoms with Crippen LogP contribution in [0.5, 0.6) is 0 Å². The predicted octanol–water partition coefficient (Wildman–Crippen LogP) is 0.287. The molecule has 2 aliphatic heterocycles. The van der Waals surface area contributed by atoms with Crippen LogP contribution in [0.3, 0.4) is 0 Å². The number of hydrogen-bond acceptors (Lipinski definition) is 4. The van der Waals surface area contributed by atoms with Crippen LogP contribution in [0, 0.1) is 0 Å². The molecule has 25 heavy (non-hydrogen) atoms. The lowest BCUT2D eigenvalue weighted by Crippen LogP contribution is -2.55. The first-order valence-corrected chi connectivity index (χ1v) is 9.05. The summed E-state index contributed by atoms with van der Waals surface area (Å²) in [6.07, 6.45) is 7.82. The summed E-state index contributed by atoms with van der Waals surface area (Å²) >= 11 is 0. The predicted molar refractivity (Wildman–Crippen MR) is 88.8 cm³/mol. The fourth-order valence-electron chi connectivity index (χ4n) is 4.29. The smallest absolute Gasteiger partial charge is 0.255 e. The first kappa shape index (κ1) is 16.1. The van der Waals surface area contributed by atoms with Gasteiger partial charge in [-0.15, -0.1) is 0 Å². The minimum atomic E-state index is -0.464. The van der Waals surface area contributed by atoms with Crippen molar-refractivity contribution in [3.63, 3.8) is 0 Å². The number of carbonyl (C=O) groups excluding carboxylic acids is 3. The van der Waals surface area contributed by atoms with E-state index in [4.69, 9.17) is 0 Å². The highest BCUT2D eigenvalue weighted by molar-refractivity contribution is 5.97. The third-order valence-corrected chi connectivity index (χ3v) is 5.60. The Morgan fingerprint density at radius 1 is 1.24 bits per heavy atom. The van der Waals surface area contributed by atoms with Crippen LogP contribution in [0.25, 0.3) is 0 Å². The molecule has 0 radical (unpaired) electrons. The molecule has 1 saturated carbocycles. The van der Waals surface area contributed by atoms with Gasteiger partial charge in [-0.2, -0.15) is 5.10 Å². The van der Waals surface area contributed by atoms with Crippen molar-refractivity contribution >= 4 is 17.7 Å². The summed E-state index contributed by atoms with van der Waals surface area (Å²) in [7, 11) is 0. The lowest BCUT2D eigenvalue weighted by atomic mass is 9.85. The SMILES string of the molecule is O=C(N[C@H]1C[C@H]2C(=O)NCC(=O)N2C1)c1cn[nH]c1C1CCCCC1. The number of hydrogen-bond donors (Lipinski definition) is 3. The van der Waals surface area contributed by atoms with Crippen molar-refractivity contribution in [2.24, 2.45) is 0 Å². The average Bonchev–Trinajstić information content (AvgIpc) is 3.26. The van der Waals surface area contributed by atoms with Gasteiger partial charge in [0.25, 0.3) is 5.91 Å². The Kier molecular flexibility index (Phi) is 4.19. The number of rotatable bonds is 3. The van der Waals surface area contributed by atoms with Crippen molar-refractivity contribution in [1.29, 1.82) is 0 Å². The zero-order valence-corrected chi connectivity index (χ0v) is 14.1. The molecule has 134 valence electrons. The number of amides is 3. The minimum absolute atomic E-state index is 0.0452. The van der Waals surface area contributed by atoms with E-state index in [2.05, 4.69) is 20.8 Å². The molecule has 0 bridgehead atoms. The summed E-state index contributed by atoms with van der Waals surface area (Å²) in [6, 6.07) is -0.673. The van der Waals surface area contributed by atoms with E-state index in [9.17, 15) is 14.4 Å². The molecule has 3 aliphatic rings. The average molecular weight is 345 g/mol. The van der Waals surface area contributed by atoms with Gasteiger partial charge in [-0.25, -0.2) is 0 Å². The summed E-state index contributed by atoms with van der Waals surface area (Å²) in [5.74, 6) is -0.0404. The molecule has 1 aromatic rings. The Labute approximate surface area is 145 Å². The van der Waals surface area contributed by atoms with E-state index in [1.54, 1.807) is 11.1 Å². The highest BCUT2D eigenvalue weighted by Gasteiger charge is 2.43. The van der Waals surface area contributed by atoms with Crippen molar-refractivity contribution in [2.45, 2.75) is 56.5 Å². The van der Waals surface area contributed by atoms with Crippen LogP contribution in [0.4, 0.5) is 0 Å². The maximum atomic E-state index is 12.7. The lowest BCUT2D eigenvalue weighted by Gasteiger charge is -2.28. The molecule has 1 aliphatic carbocycles. The summed E-state index contributed by atoms with van der Waals surface area (Å²) in [6.45, 7) is 0.433. The molecule has 2 saturated heterocycles. The maximum Gasteiger partial charge on any atom is 0.255 e. The van der Waals surface area contributed by atoms with E-state index >= 15 is 0 Å². The summed E-state index contributed by atoms with van der Waals surface area (Å²) in [5, 5.41) is 12.7. The van der Waals surface area contributed by atoms with Gasteiger partial charge in [0.2, 0.25) is 11.8 Å². The van der Waals surface area contributed by atoms with Gasteiger partial charge in [0, 0.05) is 18.5 Å². The number of carbonyl (C=O) groups is 3. The third-order valence-electron chi connectivity index (χ3n) is 5.60. The Balaban J connectivity index is 1.44. The van der Waals surface area contributed by atoms with Crippen LogP contribution in [0.1, 0.15) is 60.5 Å². The molecular formula is C17H23N5O3. The van der Waals surface area contributed by atoms with Crippen molar-refractivity contribution < 1.29 is 14.4 Å². The molecule has 8 heteroatoms. The number of fused-ring (bicyclic) bond motifs is 1. The van der Waals surface area contributed by atoms with Crippen LogP contribution in [-0.2, 0) is 9.59 Å². The quantitative estimate of drug-likeness (QED) is 0.732. The van der Waals surface area contributed by atoms with Crippen LogP contribution >= 0.6 is 0 Å². The van der Waals surface area contributed by atoms with E-state index in [0.717, 1.165) is 18.5 Å². The highest BCUT2D eigenvalue weighted by Crippen LogP contribution is 2.33. The fraction of sp³-hybridized carbons (Fsp3) is 0.647. The van der Waals surface area contributed by atoms with Crippen molar-refractivity contribution in [1.82, 2.24) is 25.7 Å². The zero-order chi connectivity index (χ0) is 17.4. The minimum Gasteiger partial charge on any atom is -0.347 e. The third kappa shape index (κ3) is 3.01. The van der Waals surface area contributed by atoms with Crippen LogP contribution in [-0.4, -0.2) is 58.0 Å². The molecule has 3 amide bonds. The normalized spacial score (nSPS) is 27.1. The lowest BCUT2D eigenvalue weighted by molar-refractivity contribution is -0.143. The molecule has 8 nitrogen and oxygen atoms in total. The monoisotopic (exact) mass is 345 g/mol. The Morgan fingerprint density at radius 2 is 2.04 bits per heavy atom. The number of aromatic nitrogens is 2. The van der Waals surface area contributed by atoms with Gasteiger partial charge in [-0.05, 0) is 19.3 Å². The summed E-state index contributed by atoms with van der Waals surface area (Å²) < 4.78 is 0. The van der Waals surface area contributed by atoms with Crippen molar-refractivity contribution in [3.05, 3.63) is 17.5 Å². The molecule has 2 atom stereocenters. The first-order chi connectivity index (χ1) is 12.1. The second-order valence-corrected chi connectivity index (χ2v) is 7.22. The number of nitrogens with zero attached hydrogens (tertiary/aromatic N) is 2. The molecule has 1 aromatic heterocycles. The number of aromatic amines is 1. The Morgan fingerprint density at radius 3 is 2.80 bits per heavy atom. The van der Waals surface area contributed by atoms with Crippen LogP contribution < -0.4 is 10.6 Å². The molecule has 4 rings (SSSR count). The van der Waals surface area contributed by atoms with Crippen LogP contribution in [0.15, 0.2) is 6.20 Å². The van der Waals surface area contributed by atoms with Gasteiger partial charge in [0.05, 0.1) is 24.0 Å². The van der Waals surface area contributed by atoms with Crippen molar-refractivity contribution in [3.8, 4) is 0 Å². The van der Waals surface area contributed by atoms with Gasteiger partial charge in [0.15, 0.2) is 0 Å². The van der Waals surface area contributed by atoms with E-state index in [1.165, 1.54) is 19.3 Å². The number of piperazine rings is 1. The fourth-order valence-corrected chi connectivity index (χ4v) is 4.29. The second kappa shape index (κ2) is 6.50. The van der Waals surface area contributed by atoms with Crippen molar-refractivity contribution in [2.75, 3.05) is 13.1 Å². The van der Waals surface area contributed by atoms with Gasteiger partial charge in [0.1, 0.15) is 6.04 Å². The second-order valence-electron chi connectivity index (χ2n) is 7.22. The Hall–Kier alpha value is -2.38. The molecule has 3 fully saturated rings. The van der Waals surface area contributed by atoms with Gasteiger partial charge in [-0.1, -0.05) is 19.3 Å². The molecule has 0 aromatic carbocycles. The van der Waals surface area contributed by atoms with E-state index < -0.39 is 6.04 Å². The highest BCUT2D eigenvalue weighted by atomic mass is 16.2. The van der Waals surface area contributed by atoms with Crippen LogP contribution in [0.2, 0.25) is 0 Å². The Bertz CT molecular complexity index is 670. The first-order valence-electron chi connectivity index (χ1n) is 9.05. The van der Waals surface area contributed by atoms with Gasteiger partial charge in [-0.3, -0.25) is 19.5 Å². The number of H-pyrrole nitrogens is 1. The maximum absolute atomic E-state index is 12.7. The van der Waals surface area contributed by atoms with E-state index in [-0.39, 0.29) is 30.3 Å². The topological polar surface area (TPSA) is 107 Å². The number of nitrogens with one attached hydrogen (secondary N) is 3. The molecule has 0 spiro atoms. The molecule has 0 unspecified atom stereocenters.